The molecule has 24 heavy (non-hydrogen) atoms. The molecule has 2 aromatic rings. The zero-order valence-corrected chi connectivity index (χ0v) is 14.3. The Balaban J connectivity index is 1.79. The van der Waals surface area contributed by atoms with E-state index >= 15 is 0 Å². The maximum atomic E-state index is 12.4. The van der Waals surface area contributed by atoms with Crippen LogP contribution in [0.5, 0.6) is 0 Å². The molecule has 0 bridgehead atoms. The molecule has 5 heteroatoms. The largest absolute Gasteiger partial charge is 0.324 e. The number of hydrogen-bond acceptors (Lipinski definition) is 2. The Kier molecular flexibility index (Phi) is 4.86. The van der Waals surface area contributed by atoms with Gasteiger partial charge in [0.2, 0.25) is 11.8 Å². The van der Waals surface area contributed by atoms with Gasteiger partial charge < -0.3 is 10.2 Å². The minimum Gasteiger partial charge on any atom is -0.324 e. The van der Waals surface area contributed by atoms with Gasteiger partial charge >= 0.3 is 0 Å². The van der Waals surface area contributed by atoms with Crippen molar-refractivity contribution in [3.05, 3.63) is 58.6 Å². The second-order valence-electron chi connectivity index (χ2n) is 5.97. The van der Waals surface area contributed by atoms with Gasteiger partial charge in [0.25, 0.3) is 0 Å². The van der Waals surface area contributed by atoms with Crippen LogP contribution in [0.3, 0.4) is 0 Å². The zero-order chi connectivity index (χ0) is 17.1. The van der Waals surface area contributed by atoms with Crippen molar-refractivity contribution in [2.24, 2.45) is 0 Å². The third-order valence-corrected chi connectivity index (χ3v) is 4.42. The molecule has 0 unspecified atom stereocenters. The van der Waals surface area contributed by atoms with Gasteiger partial charge in [-0.3, -0.25) is 9.59 Å². The fourth-order valence-electron chi connectivity index (χ4n) is 2.96. The molecule has 0 saturated carbocycles. The molecule has 124 valence electrons. The van der Waals surface area contributed by atoms with Crippen molar-refractivity contribution in [1.29, 1.82) is 0 Å². The van der Waals surface area contributed by atoms with Crippen molar-refractivity contribution >= 4 is 34.8 Å². The highest BCUT2D eigenvalue weighted by molar-refractivity contribution is 6.30. The number of benzene rings is 2. The first-order chi connectivity index (χ1) is 11.5. The number of hydrogen-bond donors (Lipinski definition) is 1. The van der Waals surface area contributed by atoms with E-state index in [2.05, 4.69) is 5.32 Å². The molecule has 0 radical (unpaired) electrons. The van der Waals surface area contributed by atoms with Crippen LogP contribution in [0.25, 0.3) is 0 Å². The van der Waals surface area contributed by atoms with Crippen molar-refractivity contribution in [3.8, 4) is 0 Å². The number of nitrogens with one attached hydrogen (secondary N) is 1. The van der Waals surface area contributed by atoms with Gasteiger partial charge in [-0.25, -0.2) is 0 Å². The average Bonchev–Trinajstić information content (AvgIpc) is 2.70. The molecule has 0 aromatic heterocycles. The lowest BCUT2D eigenvalue weighted by molar-refractivity contribution is -0.121. The second kappa shape index (κ2) is 7.05. The maximum absolute atomic E-state index is 12.4. The van der Waals surface area contributed by atoms with Gasteiger partial charge in [0, 0.05) is 22.8 Å². The first kappa shape index (κ1) is 16.5. The SMILES string of the molecule is Cc1cc(Cl)ccc1NC(=O)CN1C(=O)CCCc2ccccc21. The van der Waals surface area contributed by atoms with Crippen LogP contribution >= 0.6 is 11.6 Å². The van der Waals surface area contributed by atoms with E-state index in [1.54, 1.807) is 23.1 Å². The molecular formula is C19H19ClN2O2. The number of halogens is 1. The normalized spacial score (nSPS) is 14.1. The second-order valence-corrected chi connectivity index (χ2v) is 6.41. The van der Waals surface area contributed by atoms with Gasteiger partial charge in [-0.15, -0.1) is 0 Å². The number of nitrogens with zero attached hydrogens (tertiary/aromatic N) is 1. The summed E-state index contributed by atoms with van der Waals surface area (Å²) in [4.78, 5) is 26.4. The molecule has 1 aliphatic heterocycles. The number of para-hydroxylation sites is 1. The number of anilines is 2. The molecule has 2 amide bonds. The zero-order valence-electron chi connectivity index (χ0n) is 13.5. The lowest BCUT2D eigenvalue weighted by atomic mass is 10.1. The summed E-state index contributed by atoms with van der Waals surface area (Å²) in [5.74, 6) is -0.228. The number of carbonyl (C=O) groups excluding carboxylic acids is 2. The van der Waals surface area contributed by atoms with Gasteiger partial charge in [0.15, 0.2) is 0 Å². The quantitative estimate of drug-likeness (QED) is 0.918. The third-order valence-electron chi connectivity index (χ3n) is 4.18. The molecule has 1 aliphatic rings. The van der Waals surface area contributed by atoms with E-state index in [0.29, 0.717) is 17.1 Å². The molecule has 0 atom stereocenters. The molecule has 0 saturated heterocycles. The van der Waals surface area contributed by atoms with E-state index in [4.69, 9.17) is 11.6 Å². The molecule has 0 aliphatic carbocycles. The fraction of sp³-hybridized carbons (Fsp3) is 0.263. The van der Waals surface area contributed by atoms with Crippen LogP contribution in [0.2, 0.25) is 5.02 Å². The Labute approximate surface area is 146 Å². The maximum Gasteiger partial charge on any atom is 0.244 e. The Morgan fingerprint density at radius 3 is 2.79 bits per heavy atom. The van der Waals surface area contributed by atoms with Crippen molar-refractivity contribution in [2.75, 3.05) is 16.8 Å². The average molecular weight is 343 g/mol. The predicted octanol–water partition coefficient (Wildman–Crippen LogP) is 3.96. The molecule has 1 N–H and O–H groups in total. The highest BCUT2D eigenvalue weighted by Crippen LogP contribution is 2.27. The Morgan fingerprint density at radius 1 is 1.21 bits per heavy atom. The molecule has 3 rings (SSSR count). The summed E-state index contributed by atoms with van der Waals surface area (Å²) < 4.78 is 0. The van der Waals surface area contributed by atoms with Gasteiger partial charge in [-0.05, 0) is 55.2 Å². The molecule has 0 fully saturated rings. The summed E-state index contributed by atoms with van der Waals surface area (Å²) in [6.07, 6.45) is 2.13. The van der Waals surface area contributed by atoms with Gasteiger partial charge in [-0.2, -0.15) is 0 Å². The first-order valence-corrected chi connectivity index (χ1v) is 8.36. The minimum atomic E-state index is -0.217. The Morgan fingerprint density at radius 2 is 2.00 bits per heavy atom. The van der Waals surface area contributed by atoms with Gasteiger partial charge in [0.05, 0.1) is 0 Å². The van der Waals surface area contributed by atoms with E-state index in [-0.39, 0.29) is 18.4 Å². The summed E-state index contributed by atoms with van der Waals surface area (Å²) in [5, 5.41) is 3.49. The van der Waals surface area contributed by atoms with Crippen molar-refractivity contribution in [2.45, 2.75) is 26.2 Å². The lowest BCUT2D eigenvalue weighted by Gasteiger charge is -2.22. The summed E-state index contributed by atoms with van der Waals surface area (Å²) in [6.45, 7) is 1.89. The Bertz CT molecular complexity index is 789. The van der Waals surface area contributed by atoms with Crippen LogP contribution in [0.1, 0.15) is 24.0 Å². The standard InChI is InChI=1S/C19H19ClN2O2/c1-13-11-15(20)9-10-16(13)21-18(23)12-22-17-7-3-2-5-14(17)6-4-8-19(22)24/h2-3,5,7,9-11H,4,6,8,12H2,1H3,(H,21,23). The molecule has 4 nitrogen and oxygen atoms in total. The summed E-state index contributed by atoms with van der Waals surface area (Å²) in [6, 6.07) is 13.1. The number of aryl methyl sites for hydroxylation is 2. The van der Waals surface area contributed by atoms with Crippen LogP contribution in [0.15, 0.2) is 42.5 Å². The molecule has 2 aromatic carbocycles. The number of rotatable bonds is 3. The van der Waals surface area contributed by atoms with Crippen LogP contribution in [0, 0.1) is 6.92 Å². The van der Waals surface area contributed by atoms with Crippen LogP contribution in [-0.4, -0.2) is 18.4 Å². The predicted molar refractivity (Wildman–Crippen MR) is 96.6 cm³/mol. The summed E-state index contributed by atoms with van der Waals surface area (Å²) in [5.41, 5.74) is 3.54. The number of fused-ring (bicyclic) bond motifs is 1. The summed E-state index contributed by atoms with van der Waals surface area (Å²) in [7, 11) is 0. The molecule has 1 heterocycles. The monoisotopic (exact) mass is 342 g/mol. The van der Waals surface area contributed by atoms with Crippen LogP contribution in [-0.2, 0) is 16.0 Å². The molecular weight excluding hydrogens is 324 g/mol. The molecule has 0 spiro atoms. The number of amides is 2. The van der Waals surface area contributed by atoms with Crippen molar-refractivity contribution in [1.82, 2.24) is 0 Å². The van der Waals surface area contributed by atoms with E-state index in [0.717, 1.165) is 29.7 Å². The number of carbonyl (C=O) groups is 2. The van der Waals surface area contributed by atoms with Crippen molar-refractivity contribution < 1.29 is 9.59 Å². The Hall–Kier alpha value is -2.33. The fourth-order valence-corrected chi connectivity index (χ4v) is 3.19. The summed E-state index contributed by atoms with van der Waals surface area (Å²) >= 11 is 5.94. The topological polar surface area (TPSA) is 49.4 Å². The van der Waals surface area contributed by atoms with Crippen LogP contribution < -0.4 is 10.2 Å². The smallest absolute Gasteiger partial charge is 0.244 e. The lowest BCUT2D eigenvalue weighted by Crippen LogP contribution is -2.37. The van der Waals surface area contributed by atoms with E-state index in [1.807, 2.05) is 31.2 Å². The van der Waals surface area contributed by atoms with Gasteiger partial charge in [0.1, 0.15) is 6.54 Å². The highest BCUT2D eigenvalue weighted by Gasteiger charge is 2.24. The first-order valence-electron chi connectivity index (χ1n) is 7.99. The van der Waals surface area contributed by atoms with E-state index < -0.39 is 0 Å². The minimum absolute atomic E-state index is 0.0112. The van der Waals surface area contributed by atoms with E-state index in [1.165, 1.54) is 0 Å². The third kappa shape index (κ3) is 3.60. The van der Waals surface area contributed by atoms with Crippen molar-refractivity contribution in [3.63, 3.8) is 0 Å². The van der Waals surface area contributed by atoms with E-state index in [9.17, 15) is 9.59 Å². The van der Waals surface area contributed by atoms with Gasteiger partial charge in [-0.1, -0.05) is 29.8 Å². The van der Waals surface area contributed by atoms with Crippen LogP contribution in [0.4, 0.5) is 11.4 Å². The highest BCUT2D eigenvalue weighted by atomic mass is 35.5.